The average Bonchev–Trinajstić information content (AvgIpc) is 2.24. The monoisotopic (exact) mass is 215 g/mol. The Morgan fingerprint density at radius 1 is 1.31 bits per heavy atom. The molecule has 1 aliphatic heterocycles. The van der Waals surface area contributed by atoms with Crippen LogP contribution in [0.25, 0.3) is 0 Å². The van der Waals surface area contributed by atoms with E-state index in [1.54, 1.807) is 0 Å². The lowest BCUT2D eigenvalue weighted by atomic mass is 9.93. The van der Waals surface area contributed by atoms with Crippen LogP contribution in [0.2, 0.25) is 0 Å². The standard InChI is InChI=1S/C14H17NO/c1-9-4-6-12-13(8-9)15-11(3)10(2)5-7-14(12)16/h4,6,8,10H,5,7H2,1-3H3. The number of nitrogens with zero attached hydrogens (tertiary/aromatic N) is 1. The fourth-order valence-electron chi connectivity index (χ4n) is 1.96. The van der Waals surface area contributed by atoms with Gasteiger partial charge in [0.05, 0.1) is 5.69 Å². The highest BCUT2D eigenvalue weighted by molar-refractivity contribution is 6.03. The molecule has 16 heavy (non-hydrogen) atoms. The minimum Gasteiger partial charge on any atom is -0.294 e. The Morgan fingerprint density at radius 2 is 2.06 bits per heavy atom. The third kappa shape index (κ3) is 2.06. The second kappa shape index (κ2) is 4.20. The molecular formula is C14H17NO. The maximum Gasteiger partial charge on any atom is 0.165 e. The number of aliphatic imine (C=N–C) groups is 1. The molecule has 2 rings (SSSR count). The van der Waals surface area contributed by atoms with Crippen molar-refractivity contribution in [2.24, 2.45) is 10.9 Å². The molecule has 0 bridgehead atoms. The topological polar surface area (TPSA) is 29.4 Å². The van der Waals surface area contributed by atoms with Gasteiger partial charge in [-0.2, -0.15) is 0 Å². The van der Waals surface area contributed by atoms with Crippen LogP contribution in [0.4, 0.5) is 5.69 Å². The van der Waals surface area contributed by atoms with Gasteiger partial charge in [-0.1, -0.05) is 13.0 Å². The Morgan fingerprint density at radius 3 is 2.81 bits per heavy atom. The van der Waals surface area contributed by atoms with Gasteiger partial charge < -0.3 is 0 Å². The highest BCUT2D eigenvalue weighted by Gasteiger charge is 2.17. The Labute approximate surface area is 96.4 Å². The van der Waals surface area contributed by atoms with E-state index in [9.17, 15) is 4.79 Å². The highest BCUT2D eigenvalue weighted by Crippen LogP contribution is 2.27. The lowest BCUT2D eigenvalue weighted by Gasteiger charge is -2.16. The minimum absolute atomic E-state index is 0.220. The van der Waals surface area contributed by atoms with E-state index in [-0.39, 0.29) is 5.78 Å². The van der Waals surface area contributed by atoms with Gasteiger partial charge in [0.25, 0.3) is 0 Å². The third-order valence-corrected chi connectivity index (χ3v) is 3.27. The minimum atomic E-state index is 0.220. The highest BCUT2D eigenvalue weighted by atomic mass is 16.1. The van der Waals surface area contributed by atoms with Crippen LogP contribution in [0.5, 0.6) is 0 Å². The molecule has 1 atom stereocenters. The van der Waals surface area contributed by atoms with Crippen LogP contribution in [0, 0.1) is 12.8 Å². The largest absolute Gasteiger partial charge is 0.294 e. The van der Waals surface area contributed by atoms with Crippen LogP contribution in [0.15, 0.2) is 23.2 Å². The van der Waals surface area contributed by atoms with E-state index in [0.29, 0.717) is 12.3 Å². The molecule has 0 saturated heterocycles. The van der Waals surface area contributed by atoms with Crippen LogP contribution in [-0.2, 0) is 0 Å². The van der Waals surface area contributed by atoms with Gasteiger partial charge in [-0.15, -0.1) is 0 Å². The predicted molar refractivity (Wildman–Crippen MR) is 66.7 cm³/mol. The van der Waals surface area contributed by atoms with Gasteiger partial charge in [-0.05, 0) is 43.9 Å². The van der Waals surface area contributed by atoms with E-state index in [0.717, 1.165) is 28.9 Å². The number of hydrogen-bond donors (Lipinski definition) is 0. The number of ketones is 1. The van der Waals surface area contributed by atoms with E-state index in [4.69, 9.17) is 0 Å². The Balaban J connectivity index is 2.57. The predicted octanol–water partition coefficient (Wildman–Crippen LogP) is 3.70. The van der Waals surface area contributed by atoms with Crippen LogP contribution < -0.4 is 0 Å². The third-order valence-electron chi connectivity index (χ3n) is 3.27. The number of aryl methyl sites for hydroxylation is 1. The first kappa shape index (κ1) is 11.1. The van der Waals surface area contributed by atoms with Crippen LogP contribution in [0.3, 0.4) is 0 Å². The van der Waals surface area contributed by atoms with Crippen molar-refractivity contribution in [3.05, 3.63) is 29.3 Å². The maximum absolute atomic E-state index is 12.0. The molecule has 0 amide bonds. The summed E-state index contributed by atoms with van der Waals surface area (Å²) in [6, 6.07) is 5.88. The first-order valence-electron chi connectivity index (χ1n) is 5.77. The molecule has 2 heteroatoms. The lowest BCUT2D eigenvalue weighted by molar-refractivity contribution is 0.0977. The first-order chi connectivity index (χ1) is 7.58. The van der Waals surface area contributed by atoms with E-state index in [1.165, 1.54) is 0 Å². The number of benzene rings is 1. The van der Waals surface area contributed by atoms with Gasteiger partial charge in [0.15, 0.2) is 5.78 Å². The zero-order valence-corrected chi connectivity index (χ0v) is 10.1. The maximum atomic E-state index is 12.0. The van der Waals surface area contributed by atoms with Gasteiger partial charge in [-0.25, -0.2) is 0 Å². The fraction of sp³-hybridized carbons (Fsp3) is 0.429. The summed E-state index contributed by atoms with van der Waals surface area (Å²) in [6.07, 6.45) is 1.53. The Bertz CT molecular complexity index is 460. The van der Waals surface area contributed by atoms with Gasteiger partial charge in [0, 0.05) is 17.7 Å². The summed E-state index contributed by atoms with van der Waals surface area (Å²) < 4.78 is 0. The molecule has 0 saturated carbocycles. The second-order valence-electron chi connectivity index (χ2n) is 4.64. The number of carbonyl (C=O) groups excluding carboxylic acids is 1. The van der Waals surface area contributed by atoms with Gasteiger partial charge >= 0.3 is 0 Å². The number of rotatable bonds is 0. The molecule has 1 aliphatic rings. The van der Waals surface area contributed by atoms with Crippen LogP contribution >= 0.6 is 0 Å². The van der Waals surface area contributed by atoms with E-state index < -0.39 is 0 Å². The molecule has 1 unspecified atom stereocenters. The summed E-state index contributed by atoms with van der Waals surface area (Å²) in [5, 5.41) is 0. The number of carbonyl (C=O) groups is 1. The van der Waals surface area contributed by atoms with Crippen molar-refractivity contribution in [2.75, 3.05) is 0 Å². The number of fused-ring (bicyclic) bond motifs is 1. The summed E-state index contributed by atoms with van der Waals surface area (Å²) in [5.41, 5.74) is 3.89. The van der Waals surface area contributed by atoms with Gasteiger partial charge in [-0.3, -0.25) is 9.79 Å². The normalized spacial score (nSPS) is 20.8. The molecule has 0 N–H and O–H groups in total. The summed E-state index contributed by atoms with van der Waals surface area (Å²) in [4.78, 5) is 16.5. The molecule has 1 aromatic carbocycles. The Hall–Kier alpha value is -1.44. The molecule has 0 fully saturated rings. The van der Waals surface area contributed by atoms with Crippen molar-refractivity contribution < 1.29 is 4.79 Å². The summed E-state index contributed by atoms with van der Waals surface area (Å²) in [6.45, 7) is 6.21. The van der Waals surface area contributed by atoms with Crippen molar-refractivity contribution in [3.8, 4) is 0 Å². The number of hydrogen-bond acceptors (Lipinski definition) is 2. The lowest BCUT2D eigenvalue weighted by Crippen LogP contribution is -2.13. The van der Waals surface area contributed by atoms with Crippen molar-refractivity contribution >= 4 is 17.2 Å². The number of Topliss-reactive ketones (excluding diaryl/α,β-unsaturated/α-hetero) is 1. The summed E-state index contributed by atoms with van der Waals surface area (Å²) in [5.74, 6) is 0.621. The fourth-order valence-corrected chi connectivity index (χ4v) is 1.96. The van der Waals surface area contributed by atoms with Crippen molar-refractivity contribution in [1.29, 1.82) is 0 Å². The smallest absolute Gasteiger partial charge is 0.165 e. The molecule has 2 nitrogen and oxygen atoms in total. The van der Waals surface area contributed by atoms with E-state index in [1.807, 2.05) is 32.0 Å². The zero-order chi connectivity index (χ0) is 11.7. The molecule has 0 aliphatic carbocycles. The quantitative estimate of drug-likeness (QED) is 0.648. The average molecular weight is 215 g/mol. The summed E-state index contributed by atoms with van der Waals surface area (Å²) in [7, 11) is 0. The Kier molecular flexibility index (Phi) is 2.90. The van der Waals surface area contributed by atoms with Crippen molar-refractivity contribution in [2.45, 2.75) is 33.6 Å². The molecule has 0 spiro atoms. The molecule has 84 valence electrons. The molecule has 1 aromatic rings. The van der Waals surface area contributed by atoms with Gasteiger partial charge in [0.1, 0.15) is 0 Å². The molecular weight excluding hydrogens is 198 g/mol. The molecule has 0 radical (unpaired) electrons. The second-order valence-corrected chi connectivity index (χ2v) is 4.64. The SMILES string of the molecule is CC1=Nc2cc(C)ccc2C(=O)CCC1C. The van der Waals surface area contributed by atoms with E-state index in [2.05, 4.69) is 11.9 Å². The first-order valence-corrected chi connectivity index (χ1v) is 5.77. The molecule has 0 aromatic heterocycles. The van der Waals surface area contributed by atoms with Gasteiger partial charge in [0.2, 0.25) is 0 Å². The van der Waals surface area contributed by atoms with E-state index >= 15 is 0 Å². The van der Waals surface area contributed by atoms with Crippen LogP contribution in [0.1, 0.15) is 42.6 Å². The van der Waals surface area contributed by atoms with Crippen molar-refractivity contribution in [3.63, 3.8) is 0 Å². The van der Waals surface area contributed by atoms with Crippen LogP contribution in [-0.4, -0.2) is 11.5 Å². The molecule has 1 heterocycles. The zero-order valence-electron chi connectivity index (χ0n) is 10.1. The summed E-state index contributed by atoms with van der Waals surface area (Å²) >= 11 is 0. The van der Waals surface area contributed by atoms with Crippen molar-refractivity contribution in [1.82, 2.24) is 0 Å².